The Morgan fingerprint density at radius 3 is 3.00 bits per heavy atom. The van der Waals surface area contributed by atoms with Gasteiger partial charge in [-0.3, -0.25) is 9.48 Å². The lowest BCUT2D eigenvalue weighted by molar-refractivity contribution is -0.133. The largest absolute Gasteiger partial charge is 0.481 e. The molecular formula is C12H12N6O2S. The minimum Gasteiger partial charge on any atom is -0.481 e. The Morgan fingerprint density at radius 1 is 1.33 bits per heavy atom. The van der Waals surface area contributed by atoms with Gasteiger partial charge in [0.05, 0.1) is 18.5 Å². The summed E-state index contributed by atoms with van der Waals surface area (Å²) in [7, 11) is 0. The SMILES string of the molecule is O=C(O)CSc1nc2cccnc2n1CCn1ccnn1. The van der Waals surface area contributed by atoms with Crippen LogP contribution in [-0.2, 0) is 17.9 Å². The second-order valence-electron chi connectivity index (χ2n) is 4.24. The summed E-state index contributed by atoms with van der Waals surface area (Å²) >= 11 is 1.19. The van der Waals surface area contributed by atoms with Gasteiger partial charge in [-0.25, -0.2) is 9.97 Å². The summed E-state index contributed by atoms with van der Waals surface area (Å²) in [5, 5.41) is 17.1. The number of carboxylic acid groups (broad SMARTS) is 1. The van der Waals surface area contributed by atoms with Crippen molar-refractivity contribution in [2.24, 2.45) is 0 Å². The Hall–Kier alpha value is -2.42. The first kappa shape index (κ1) is 13.6. The normalized spacial score (nSPS) is 11.0. The van der Waals surface area contributed by atoms with E-state index in [4.69, 9.17) is 5.11 Å². The van der Waals surface area contributed by atoms with Crippen molar-refractivity contribution in [3.63, 3.8) is 0 Å². The molecule has 1 N–H and O–H groups in total. The lowest BCUT2D eigenvalue weighted by atomic mass is 10.4. The fourth-order valence-electron chi connectivity index (χ4n) is 1.93. The van der Waals surface area contributed by atoms with E-state index in [0.717, 1.165) is 11.2 Å². The highest BCUT2D eigenvalue weighted by Gasteiger charge is 2.13. The molecule has 3 aromatic rings. The van der Waals surface area contributed by atoms with E-state index >= 15 is 0 Å². The number of thioether (sulfide) groups is 1. The summed E-state index contributed by atoms with van der Waals surface area (Å²) in [6.07, 6.45) is 5.09. The Morgan fingerprint density at radius 2 is 2.24 bits per heavy atom. The highest BCUT2D eigenvalue weighted by molar-refractivity contribution is 7.99. The lowest BCUT2D eigenvalue weighted by Crippen LogP contribution is -2.10. The topological polar surface area (TPSA) is 98.7 Å². The third kappa shape index (κ3) is 3.02. The summed E-state index contributed by atoms with van der Waals surface area (Å²) in [5.41, 5.74) is 1.49. The molecule has 0 unspecified atom stereocenters. The third-order valence-corrected chi connectivity index (χ3v) is 3.78. The van der Waals surface area contributed by atoms with Crippen LogP contribution in [0, 0.1) is 0 Å². The highest BCUT2D eigenvalue weighted by atomic mass is 32.2. The lowest BCUT2D eigenvalue weighted by Gasteiger charge is -2.07. The fraction of sp³-hybridized carbons (Fsp3) is 0.250. The number of hydrogen-bond donors (Lipinski definition) is 1. The molecule has 8 nitrogen and oxygen atoms in total. The van der Waals surface area contributed by atoms with Crippen molar-refractivity contribution in [1.82, 2.24) is 29.5 Å². The first-order chi connectivity index (χ1) is 10.2. The molecule has 108 valence electrons. The van der Waals surface area contributed by atoms with E-state index in [1.807, 2.05) is 16.7 Å². The standard InChI is InChI=1S/C12H12N6O2S/c19-10(20)8-21-12-15-9-2-1-3-13-11(9)18(12)7-6-17-5-4-14-16-17/h1-5H,6-8H2,(H,19,20). The minimum absolute atomic E-state index is 0.0351. The van der Waals surface area contributed by atoms with E-state index in [9.17, 15) is 4.79 Å². The van der Waals surface area contributed by atoms with Gasteiger partial charge >= 0.3 is 5.97 Å². The van der Waals surface area contributed by atoms with Gasteiger partial charge in [0.2, 0.25) is 0 Å². The van der Waals surface area contributed by atoms with Gasteiger partial charge in [-0.2, -0.15) is 0 Å². The van der Waals surface area contributed by atoms with Gasteiger partial charge < -0.3 is 9.67 Å². The fourth-order valence-corrected chi connectivity index (χ4v) is 2.68. The summed E-state index contributed by atoms with van der Waals surface area (Å²) in [4.78, 5) is 19.5. The summed E-state index contributed by atoms with van der Waals surface area (Å²) in [6, 6.07) is 3.67. The number of fused-ring (bicyclic) bond motifs is 1. The number of carbonyl (C=O) groups is 1. The molecule has 0 spiro atoms. The molecule has 0 amide bonds. The number of rotatable bonds is 6. The molecule has 9 heteroatoms. The van der Waals surface area contributed by atoms with Gasteiger partial charge in [-0.15, -0.1) is 5.10 Å². The van der Waals surface area contributed by atoms with Crippen LogP contribution in [-0.4, -0.2) is 46.4 Å². The first-order valence-electron chi connectivity index (χ1n) is 6.24. The molecule has 0 saturated carbocycles. The maximum Gasteiger partial charge on any atom is 0.313 e. The van der Waals surface area contributed by atoms with Crippen LogP contribution in [0.15, 0.2) is 35.9 Å². The zero-order valence-corrected chi connectivity index (χ0v) is 11.8. The zero-order chi connectivity index (χ0) is 14.7. The van der Waals surface area contributed by atoms with E-state index in [0.29, 0.717) is 18.2 Å². The predicted molar refractivity (Wildman–Crippen MR) is 75.9 cm³/mol. The molecule has 0 aliphatic carbocycles. The Kier molecular flexibility index (Phi) is 3.82. The first-order valence-corrected chi connectivity index (χ1v) is 7.22. The van der Waals surface area contributed by atoms with E-state index in [-0.39, 0.29) is 5.75 Å². The van der Waals surface area contributed by atoms with Gasteiger partial charge in [0.15, 0.2) is 10.8 Å². The van der Waals surface area contributed by atoms with Crippen LogP contribution in [0.4, 0.5) is 0 Å². The van der Waals surface area contributed by atoms with Gasteiger partial charge in [-0.1, -0.05) is 17.0 Å². The Bertz CT molecular complexity index is 754. The van der Waals surface area contributed by atoms with Gasteiger partial charge in [-0.05, 0) is 12.1 Å². The van der Waals surface area contributed by atoms with Crippen LogP contribution in [0.3, 0.4) is 0 Å². The molecule has 0 atom stereocenters. The molecule has 0 aliphatic rings. The zero-order valence-electron chi connectivity index (χ0n) is 11.0. The maximum absolute atomic E-state index is 10.7. The second-order valence-corrected chi connectivity index (χ2v) is 5.18. The summed E-state index contributed by atoms with van der Waals surface area (Å²) in [5.74, 6) is -0.907. The summed E-state index contributed by atoms with van der Waals surface area (Å²) in [6.45, 7) is 1.21. The van der Waals surface area contributed by atoms with Gasteiger partial charge in [0.1, 0.15) is 5.52 Å². The van der Waals surface area contributed by atoms with Crippen LogP contribution in [0.1, 0.15) is 0 Å². The van der Waals surface area contributed by atoms with Gasteiger partial charge in [0, 0.05) is 18.9 Å². The number of imidazole rings is 1. The maximum atomic E-state index is 10.7. The molecule has 0 bridgehead atoms. The van der Waals surface area contributed by atoms with Crippen molar-refractivity contribution < 1.29 is 9.90 Å². The molecule has 3 aromatic heterocycles. The molecule has 0 aliphatic heterocycles. The van der Waals surface area contributed by atoms with Crippen LogP contribution >= 0.6 is 11.8 Å². The monoisotopic (exact) mass is 304 g/mol. The molecular weight excluding hydrogens is 292 g/mol. The Balaban J connectivity index is 1.89. The predicted octanol–water partition coefficient (Wildman–Crippen LogP) is 0.900. The molecule has 0 fully saturated rings. The molecule has 0 aromatic carbocycles. The van der Waals surface area contributed by atoms with Crippen LogP contribution in [0.25, 0.3) is 11.2 Å². The van der Waals surface area contributed by atoms with E-state index < -0.39 is 5.97 Å². The van der Waals surface area contributed by atoms with Crippen LogP contribution < -0.4 is 0 Å². The number of nitrogens with zero attached hydrogens (tertiary/aromatic N) is 6. The molecule has 0 saturated heterocycles. The second kappa shape index (κ2) is 5.92. The average molecular weight is 304 g/mol. The molecule has 3 rings (SSSR count). The average Bonchev–Trinajstić information content (AvgIpc) is 3.10. The number of aromatic nitrogens is 6. The minimum atomic E-state index is -0.872. The summed E-state index contributed by atoms with van der Waals surface area (Å²) < 4.78 is 3.62. The van der Waals surface area contributed by atoms with E-state index in [2.05, 4.69) is 20.3 Å². The van der Waals surface area contributed by atoms with Crippen LogP contribution in [0.2, 0.25) is 0 Å². The quantitative estimate of drug-likeness (QED) is 0.675. The van der Waals surface area contributed by atoms with E-state index in [1.54, 1.807) is 23.3 Å². The smallest absolute Gasteiger partial charge is 0.313 e. The van der Waals surface area contributed by atoms with Gasteiger partial charge in [0.25, 0.3) is 0 Å². The van der Waals surface area contributed by atoms with Crippen molar-refractivity contribution in [3.05, 3.63) is 30.7 Å². The van der Waals surface area contributed by atoms with Crippen molar-refractivity contribution in [3.8, 4) is 0 Å². The number of aliphatic carboxylic acids is 1. The number of hydrogen-bond acceptors (Lipinski definition) is 6. The number of pyridine rings is 1. The third-order valence-electron chi connectivity index (χ3n) is 2.82. The molecule has 21 heavy (non-hydrogen) atoms. The van der Waals surface area contributed by atoms with Crippen molar-refractivity contribution in [1.29, 1.82) is 0 Å². The van der Waals surface area contributed by atoms with Crippen molar-refractivity contribution in [2.45, 2.75) is 18.2 Å². The molecule has 3 heterocycles. The van der Waals surface area contributed by atoms with E-state index in [1.165, 1.54) is 11.8 Å². The van der Waals surface area contributed by atoms with Crippen molar-refractivity contribution >= 4 is 28.9 Å². The number of aryl methyl sites for hydroxylation is 2. The van der Waals surface area contributed by atoms with Crippen LogP contribution in [0.5, 0.6) is 0 Å². The highest BCUT2D eigenvalue weighted by Crippen LogP contribution is 2.22. The Labute approximate surface area is 123 Å². The molecule has 0 radical (unpaired) electrons. The van der Waals surface area contributed by atoms with Crippen molar-refractivity contribution in [2.75, 3.05) is 5.75 Å². The number of carboxylic acids is 1.